The first-order chi connectivity index (χ1) is 12.3. The van der Waals surface area contributed by atoms with Crippen LogP contribution in [0.15, 0.2) is 60.7 Å². The molecule has 0 unspecified atom stereocenters. The lowest BCUT2D eigenvalue weighted by Crippen LogP contribution is -2.62. The second-order valence-corrected chi connectivity index (χ2v) is 8.87. The van der Waals surface area contributed by atoms with E-state index in [1.807, 2.05) is 0 Å². The highest BCUT2D eigenvalue weighted by molar-refractivity contribution is 5.18. The molecule has 1 N–H and O–H groups in total. The van der Waals surface area contributed by atoms with Crippen molar-refractivity contribution in [1.29, 1.82) is 0 Å². The minimum Gasteiger partial charge on any atom is -0.313 e. The Kier molecular flexibility index (Phi) is 5.52. The number of nitrogens with zero attached hydrogens (tertiary/aromatic N) is 2. The third-order valence-electron chi connectivity index (χ3n) is 5.59. The van der Waals surface area contributed by atoms with Crippen LogP contribution in [-0.4, -0.2) is 32.3 Å². The lowest BCUT2D eigenvalue weighted by molar-refractivity contribution is -0.252. The van der Waals surface area contributed by atoms with Gasteiger partial charge in [0.1, 0.15) is 0 Å². The molecule has 3 heteroatoms. The summed E-state index contributed by atoms with van der Waals surface area (Å²) in [6, 6.07) is 21.8. The number of hydroxylamine groups is 2. The van der Waals surface area contributed by atoms with Gasteiger partial charge in [0.05, 0.1) is 0 Å². The molecular weight excluding hydrogens is 320 g/mol. The van der Waals surface area contributed by atoms with Crippen molar-refractivity contribution in [3.05, 3.63) is 71.8 Å². The predicted octanol–water partition coefficient (Wildman–Crippen LogP) is 5.10. The summed E-state index contributed by atoms with van der Waals surface area (Å²) in [6.07, 6.45) is 1.90. The summed E-state index contributed by atoms with van der Waals surface area (Å²) in [5.74, 6) is 0. The number of piperidine rings is 1. The Bertz CT molecular complexity index is 637. The van der Waals surface area contributed by atoms with Crippen LogP contribution in [0, 0.1) is 0 Å². The summed E-state index contributed by atoms with van der Waals surface area (Å²) in [5.41, 5.74) is 2.20. The lowest BCUT2D eigenvalue weighted by Gasteiger charge is -2.53. The van der Waals surface area contributed by atoms with Gasteiger partial charge in [0, 0.05) is 30.2 Å². The van der Waals surface area contributed by atoms with Gasteiger partial charge in [-0.2, -0.15) is 5.06 Å². The first kappa shape index (κ1) is 19.1. The highest BCUT2D eigenvalue weighted by Crippen LogP contribution is 2.39. The second kappa shape index (κ2) is 7.51. The van der Waals surface area contributed by atoms with E-state index in [1.54, 1.807) is 5.06 Å². The van der Waals surface area contributed by atoms with E-state index in [-0.39, 0.29) is 11.1 Å². The Morgan fingerprint density at radius 3 is 1.58 bits per heavy atom. The van der Waals surface area contributed by atoms with Crippen molar-refractivity contribution in [2.75, 3.05) is 0 Å². The smallest absolute Gasteiger partial charge is 0.0425 e. The highest BCUT2D eigenvalue weighted by Gasteiger charge is 2.46. The van der Waals surface area contributed by atoms with E-state index in [4.69, 9.17) is 0 Å². The second-order valence-electron chi connectivity index (χ2n) is 8.87. The molecule has 1 aliphatic rings. The normalized spacial score (nSPS) is 20.4. The Balaban J connectivity index is 1.87. The Hall–Kier alpha value is -1.68. The molecule has 3 nitrogen and oxygen atoms in total. The molecular formula is C23H32N2O. The zero-order chi connectivity index (χ0) is 18.8. The van der Waals surface area contributed by atoms with Gasteiger partial charge in [-0.15, -0.1) is 0 Å². The summed E-state index contributed by atoms with van der Waals surface area (Å²) in [6.45, 7) is 10.4. The zero-order valence-electron chi connectivity index (χ0n) is 16.5. The molecule has 1 saturated heterocycles. The summed E-state index contributed by atoms with van der Waals surface area (Å²) >= 11 is 0. The van der Waals surface area contributed by atoms with Gasteiger partial charge < -0.3 is 5.21 Å². The van der Waals surface area contributed by atoms with Crippen LogP contribution >= 0.6 is 0 Å². The van der Waals surface area contributed by atoms with Crippen molar-refractivity contribution in [3.8, 4) is 0 Å². The molecule has 0 amide bonds. The number of rotatable bonds is 5. The van der Waals surface area contributed by atoms with Gasteiger partial charge in [-0.1, -0.05) is 60.7 Å². The third kappa shape index (κ3) is 4.35. The predicted molar refractivity (Wildman–Crippen MR) is 107 cm³/mol. The fraction of sp³-hybridized carbons (Fsp3) is 0.478. The molecule has 0 spiro atoms. The van der Waals surface area contributed by atoms with Gasteiger partial charge >= 0.3 is 0 Å². The van der Waals surface area contributed by atoms with Crippen molar-refractivity contribution in [3.63, 3.8) is 0 Å². The van der Waals surface area contributed by atoms with Crippen molar-refractivity contribution < 1.29 is 5.21 Å². The summed E-state index contributed by atoms with van der Waals surface area (Å²) < 4.78 is 0. The van der Waals surface area contributed by atoms with Crippen molar-refractivity contribution >= 4 is 0 Å². The van der Waals surface area contributed by atoms with Crippen LogP contribution in [0.1, 0.15) is 51.7 Å². The molecule has 0 aromatic heterocycles. The van der Waals surface area contributed by atoms with Crippen molar-refractivity contribution in [1.82, 2.24) is 9.96 Å². The average molecular weight is 353 g/mol. The van der Waals surface area contributed by atoms with Gasteiger partial charge in [0.15, 0.2) is 0 Å². The molecule has 0 aliphatic carbocycles. The van der Waals surface area contributed by atoms with Gasteiger partial charge in [-0.25, -0.2) is 0 Å². The van der Waals surface area contributed by atoms with Crippen LogP contribution in [-0.2, 0) is 13.1 Å². The van der Waals surface area contributed by atoms with E-state index < -0.39 is 0 Å². The molecule has 26 heavy (non-hydrogen) atoms. The number of hydrogen-bond donors (Lipinski definition) is 1. The standard InChI is InChI=1S/C23H32N2O/c1-22(2)15-21(16-23(3,4)25(22)26)24(17-19-11-7-5-8-12-19)18-20-13-9-6-10-14-20/h5-14,21,26H,15-18H2,1-4H3. The molecule has 1 fully saturated rings. The Morgan fingerprint density at radius 1 is 0.808 bits per heavy atom. The first-order valence-electron chi connectivity index (χ1n) is 9.59. The summed E-state index contributed by atoms with van der Waals surface area (Å²) in [7, 11) is 0. The van der Waals surface area contributed by atoms with E-state index in [0.29, 0.717) is 6.04 Å². The minimum absolute atomic E-state index is 0.238. The van der Waals surface area contributed by atoms with E-state index in [0.717, 1.165) is 25.9 Å². The average Bonchev–Trinajstić information content (AvgIpc) is 2.60. The number of benzene rings is 2. The summed E-state index contributed by atoms with van der Waals surface area (Å²) in [5, 5.41) is 12.2. The molecule has 0 saturated carbocycles. The quantitative estimate of drug-likeness (QED) is 0.811. The lowest BCUT2D eigenvalue weighted by atomic mass is 9.78. The Morgan fingerprint density at radius 2 is 1.19 bits per heavy atom. The molecule has 1 heterocycles. The van der Waals surface area contributed by atoms with Crippen LogP contribution < -0.4 is 0 Å². The molecule has 0 radical (unpaired) electrons. The maximum absolute atomic E-state index is 10.7. The first-order valence-corrected chi connectivity index (χ1v) is 9.59. The van der Waals surface area contributed by atoms with Crippen LogP contribution in [0.4, 0.5) is 0 Å². The Labute approximate surface area is 158 Å². The van der Waals surface area contributed by atoms with E-state index in [1.165, 1.54) is 11.1 Å². The fourth-order valence-corrected chi connectivity index (χ4v) is 4.43. The fourth-order valence-electron chi connectivity index (χ4n) is 4.43. The molecule has 3 rings (SSSR count). The van der Waals surface area contributed by atoms with Crippen molar-refractivity contribution in [2.24, 2.45) is 0 Å². The van der Waals surface area contributed by atoms with Gasteiger partial charge in [0.25, 0.3) is 0 Å². The topological polar surface area (TPSA) is 26.7 Å². The molecule has 1 aliphatic heterocycles. The maximum atomic E-state index is 10.7. The van der Waals surface area contributed by atoms with Gasteiger partial charge in [-0.05, 0) is 51.7 Å². The number of hydrogen-bond acceptors (Lipinski definition) is 3. The largest absolute Gasteiger partial charge is 0.313 e. The van der Waals surface area contributed by atoms with E-state index in [2.05, 4.69) is 93.3 Å². The molecule has 140 valence electrons. The van der Waals surface area contributed by atoms with E-state index >= 15 is 0 Å². The zero-order valence-corrected chi connectivity index (χ0v) is 16.5. The van der Waals surface area contributed by atoms with Crippen molar-refractivity contribution in [2.45, 2.75) is 70.7 Å². The van der Waals surface area contributed by atoms with Gasteiger partial charge in [0.2, 0.25) is 0 Å². The van der Waals surface area contributed by atoms with Gasteiger partial charge in [-0.3, -0.25) is 4.90 Å². The van der Waals surface area contributed by atoms with Crippen LogP contribution in [0.5, 0.6) is 0 Å². The van der Waals surface area contributed by atoms with E-state index in [9.17, 15) is 5.21 Å². The molecule has 0 bridgehead atoms. The molecule has 2 aromatic carbocycles. The SMILES string of the molecule is CC1(C)CC(N(Cc2ccccc2)Cc2ccccc2)CC(C)(C)N1O. The van der Waals surface area contributed by atoms with Crippen LogP contribution in [0.3, 0.4) is 0 Å². The summed E-state index contributed by atoms with van der Waals surface area (Å²) in [4.78, 5) is 2.58. The monoisotopic (exact) mass is 352 g/mol. The highest BCUT2D eigenvalue weighted by atomic mass is 16.5. The van der Waals surface area contributed by atoms with Crippen LogP contribution in [0.25, 0.3) is 0 Å². The molecule has 2 aromatic rings. The molecule has 0 atom stereocenters. The maximum Gasteiger partial charge on any atom is 0.0425 e. The van der Waals surface area contributed by atoms with Crippen LogP contribution in [0.2, 0.25) is 0 Å². The minimum atomic E-state index is -0.238. The third-order valence-corrected chi connectivity index (χ3v) is 5.59.